The lowest BCUT2D eigenvalue weighted by atomic mass is 10.1. The zero-order valence-corrected chi connectivity index (χ0v) is 17.2. The number of anilines is 1. The summed E-state index contributed by atoms with van der Waals surface area (Å²) in [5.41, 5.74) is 0.739. The lowest BCUT2D eigenvalue weighted by molar-refractivity contribution is 0.506. The molecule has 3 aromatic rings. The summed E-state index contributed by atoms with van der Waals surface area (Å²) in [6, 6.07) is 3.42. The van der Waals surface area contributed by atoms with E-state index in [1.165, 1.54) is 19.2 Å². The molecule has 3 N–H and O–H groups in total. The van der Waals surface area contributed by atoms with Crippen LogP contribution in [0.25, 0.3) is 0 Å². The second kappa shape index (κ2) is 7.68. The van der Waals surface area contributed by atoms with Gasteiger partial charge in [0, 0.05) is 11.9 Å². The summed E-state index contributed by atoms with van der Waals surface area (Å²) in [7, 11) is -3.13. The predicted molar refractivity (Wildman–Crippen MR) is 104 cm³/mol. The number of aromatic nitrogens is 3. The Kier molecular flexibility index (Phi) is 5.59. The molecule has 6 nitrogen and oxygen atoms in total. The summed E-state index contributed by atoms with van der Waals surface area (Å²) in [6.45, 7) is 3.05. The molecular weight excluding hydrogens is 427 g/mol. The van der Waals surface area contributed by atoms with Crippen molar-refractivity contribution in [1.29, 1.82) is 4.78 Å². The normalized spacial score (nSPS) is 14.4. The minimum atomic E-state index is -3.13. The van der Waals surface area contributed by atoms with E-state index in [9.17, 15) is 17.4 Å². The monoisotopic (exact) mass is 443 g/mol. The minimum absolute atomic E-state index is 0.0241. The van der Waals surface area contributed by atoms with Gasteiger partial charge in [0.1, 0.15) is 23.5 Å². The number of aryl methyl sites for hydroxylation is 2. The van der Waals surface area contributed by atoms with Gasteiger partial charge in [0.15, 0.2) is 16.7 Å². The third-order valence-electron chi connectivity index (χ3n) is 4.16. The maximum atomic E-state index is 13.9. The first-order valence-corrected chi connectivity index (χ1v) is 10.7. The average molecular weight is 444 g/mol. The van der Waals surface area contributed by atoms with Gasteiger partial charge in [-0.25, -0.2) is 32.1 Å². The summed E-state index contributed by atoms with van der Waals surface area (Å²) in [6.07, 6.45) is 1.22. The van der Waals surface area contributed by atoms with E-state index in [2.05, 4.69) is 20.3 Å². The molecule has 0 spiro atoms. The first kappa shape index (κ1) is 21.1. The Morgan fingerprint density at radius 1 is 1.14 bits per heavy atom. The van der Waals surface area contributed by atoms with Crippen molar-refractivity contribution in [3.63, 3.8) is 0 Å². The van der Waals surface area contributed by atoms with Crippen LogP contribution in [0.3, 0.4) is 0 Å². The number of nitrogens with zero attached hydrogens (tertiary/aromatic N) is 2. The molecule has 0 amide bonds. The second-order valence-corrected chi connectivity index (χ2v) is 9.01. The lowest BCUT2D eigenvalue weighted by Crippen LogP contribution is -2.16. The van der Waals surface area contributed by atoms with Gasteiger partial charge in [-0.2, -0.15) is 0 Å². The first-order valence-electron chi connectivity index (χ1n) is 8.31. The van der Waals surface area contributed by atoms with Crippen molar-refractivity contribution >= 4 is 27.1 Å². The summed E-state index contributed by atoms with van der Waals surface area (Å²) >= 11 is 6.08. The summed E-state index contributed by atoms with van der Waals surface area (Å²) in [5, 5.41) is 2.95. The van der Waals surface area contributed by atoms with Crippen LogP contribution in [-0.2, 0) is 9.73 Å². The van der Waals surface area contributed by atoms with Crippen molar-refractivity contribution in [2.75, 3.05) is 11.6 Å². The second-order valence-electron chi connectivity index (χ2n) is 6.53. The van der Waals surface area contributed by atoms with Crippen molar-refractivity contribution in [3.05, 3.63) is 69.5 Å². The molecule has 0 fully saturated rings. The highest BCUT2D eigenvalue weighted by Gasteiger charge is 2.24. The van der Waals surface area contributed by atoms with Gasteiger partial charge in [0.2, 0.25) is 0 Å². The number of nitrogens with one attached hydrogen (secondary N) is 3. The van der Waals surface area contributed by atoms with Crippen molar-refractivity contribution in [2.45, 2.75) is 24.9 Å². The number of pyridine rings is 1. The summed E-state index contributed by atoms with van der Waals surface area (Å²) < 4.78 is 60.9. The fourth-order valence-corrected chi connectivity index (χ4v) is 3.88. The molecule has 0 radical (unpaired) electrons. The van der Waals surface area contributed by atoms with Gasteiger partial charge in [-0.3, -0.25) is 0 Å². The van der Waals surface area contributed by atoms with Crippen LogP contribution in [0.15, 0.2) is 29.3 Å². The molecule has 0 aliphatic rings. The highest BCUT2D eigenvalue weighted by Crippen LogP contribution is 2.31. The van der Waals surface area contributed by atoms with Crippen LogP contribution < -0.4 is 5.32 Å². The molecule has 1 aromatic carbocycles. The molecule has 154 valence electrons. The van der Waals surface area contributed by atoms with Crippen LogP contribution in [0.5, 0.6) is 0 Å². The van der Waals surface area contributed by atoms with Crippen LogP contribution in [-0.4, -0.2) is 25.4 Å². The van der Waals surface area contributed by atoms with Gasteiger partial charge in [-0.05, 0) is 37.6 Å². The van der Waals surface area contributed by atoms with E-state index in [-0.39, 0.29) is 32.9 Å². The van der Waals surface area contributed by atoms with Crippen molar-refractivity contribution in [1.82, 2.24) is 15.0 Å². The Balaban J connectivity index is 2.15. The maximum Gasteiger partial charge on any atom is 0.159 e. The maximum absolute atomic E-state index is 13.9. The third kappa shape index (κ3) is 4.38. The molecule has 3 rings (SSSR count). The number of hydrogen-bond acceptors (Lipinski definition) is 5. The Morgan fingerprint density at radius 3 is 2.41 bits per heavy atom. The Hall–Kier alpha value is -2.59. The number of H-pyrrole nitrogens is 1. The van der Waals surface area contributed by atoms with E-state index >= 15 is 0 Å². The van der Waals surface area contributed by atoms with Gasteiger partial charge >= 0.3 is 0 Å². The highest BCUT2D eigenvalue weighted by atomic mass is 35.5. The number of aromatic amines is 1. The molecule has 2 aromatic heterocycles. The number of benzene rings is 1. The largest absolute Gasteiger partial charge is 0.355 e. The Bertz CT molecular complexity index is 1200. The molecule has 11 heteroatoms. The van der Waals surface area contributed by atoms with E-state index in [0.29, 0.717) is 5.69 Å². The molecule has 0 saturated heterocycles. The van der Waals surface area contributed by atoms with Gasteiger partial charge in [0.05, 0.1) is 20.4 Å². The molecule has 0 aliphatic heterocycles. The van der Waals surface area contributed by atoms with E-state index < -0.39 is 33.2 Å². The minimum Gasteiger partial charge on any atom is -0.355 e. The summed E-state index contributed by atoms with van der Waals surface area (Å²) in [4.78, 5) is 11.2. The van der Waals surface area contributed by atoms with Gasteiger partial charge in [0.25, 0.3) is 0 Å². The third-order valence-corrected chi connectivity index (χ3v) is 5.59. The van der Waals surface area contributed by atoms with Gasteiger partial charge in [-0.1, -0.05) is 17.7 Å². The quantitative estimate of drug-likeness (QED) is 0.531. The molecule has 0 bridgehead atoms. The van der Waals surface area contributed by atoms with Crippen LogP contribution in [0, 0.1) is 36.1 Å². The topological polar surface area (TPSA) is 94.5 Å². The zero-order chi connectivity index (χ0) is 21.5. The van der Waals surface area contributed by atoms with Gasteiger partial charge < -0.3 is 10.3 Å². The smallest absolute Gasteiger partial charge is 0.159 e. The number of rotatable bonds is 5. The molecule has 2 atom stereocenters. The van der Waals surface area contributed by atoms with Crippen LogP contribution in [0.2, 0.25) is 5.02 Å². The average Bonchev–Trinajstić information content (AvgIpc) is 3.01. The SMILES string of the molecule is Cc1nc(NC(c2ccc(F)c(F)c2)c2nc(S(C)(=N)=O)c(C)[nH]2)c(Cl)cc1F. The molecule has 0 saturated carbocycles. The lowest BCUT2D eigenvalue weighted by Gasteiger charge is -2.19. The zero-order valence-electron chi connectivity index (χ0n) is 15.6. The standard InChI is InChI=1S/C18H17ClF3N5OS/c1-8-13(21)7-11(19)16(24-8)26-15(10-4-5-12(20)14(22)6-10)17-25-9(2)18(27-17)29(3,23)28/h4-7,15,23H,1-3H3,(H,24,26)(H,25,27). The highest BCUT2D eigenvalue weighted by molar-refractivity contribution is 7.91. The molecule has 0 aliphatic carbocycles. The van der Waals surface area contributed by atoms with Crippen molar-refractivity contribution in [3.8, 4) is 0 Å². The van der Waals surface area contributed by atoms with E-state index in [1.54, 1.807) is 6.92 Å². The molecular formula is C18H17ClF3N5OS. The molecule has 2 unspecified atom stereocenters. The fraction of sp³-hybridized carbons (Fsp3) is 0.222. The van der Waals surface area contributed by atoms with Gasteiger partial charge in [-0.15, -0.1) is 0 Å². The number of hydrogen-bond donors (Lipinski definition) is 3. The van der Waals surface area contributed by atoms with Crippen LogP contribution >= 0.6 is 11.6 Å². The van der Waals surface area contributed by atoms with E-state index in [4.69, 9.17) is 16.4 Å². The van der Waals surface area contributed by atoms with E-state index in [0.717, 1.165) is 18.2 Å². The fourth-order valence-electron chi connectivity index (χ4n) is 2.78. The predicted octanol–water partition coefficient (Wildman–Crippen LogP) is 4.73. The Morgan fingerprint density at radius 2 is 1.83 bits per heavy atom. The van der Waals surface area contributed by atoms with Crippen molar-refractivity contribution in [2.24, 2.45) is 0 Å². The molecule has 29 heavy (non-hydrogen) atoms. The molecule has 2 heterocycles. The first-order chi connectivity index (χ1) is 13.5. The van der Waals surface area contributed by atoms with Crippen molar-refractivity contribution < 1.29 is 17.4 Å². The summed E-state index contributed by atoms with van der Waals surface area (Å²) in [5.74, 6) is -2.42. The van der Waals surface area contributed by atoms with Crippen LogP contribution in [0.1, 0.15) is 28.8 Å². The van der Waals surface area contributed by atoms with Crippen LogP contribution in [0.4, 0.5) is 19.0 Å². The number of halogens is 4. The van der Waals surface area contributed by atoms with E-state index in [1.807, 2.05) is 0 Å². The number of imidazole rings is 1. The Labute approximate surface area is 170 Å².